The number of pyridine rings is 1. The number of hydrogen-bond donors (Lipinski definition) is 1. The molecule has 174 valence electrons. The van der Waals surface area contributed by atoms with Gasteiger partial charge < -0.3 is 15.2 Å². The molecule has 0 aromatic carbocycles. The van der Waals surface area contributed by atoms with E-state index in [-0.39, 0.29) is 17.5 Å². The second kappa shape index (κ2) is 8.51. The van der Waals surface area contributed by atoms with Crippen LogP contribution in [0.25, 0.3) is 11.3 Å². The highest BCUT2D eigenvalue weighted by atomic mass is 19.3. The second-order valence-corrected chi connectivity index (χ2v) is 8.64. The molecular formula is C21H25F4N5O2. The Morgan fingerprint density at radius 3 is 2.50 bits per heavy atom. The lowest BCUT2D eigenvalue weighted by Gasteiger charge is -2.33. The zero-order chi connectivity index (χ0) is 22.4. The van der Waals surface area contributed by atoms with Gasteiger partial charge in [0.1, 0.15) is 6.54 Å². The lowest BCUT2D eigenvalue weighted by molar-refractivity contribution is -0.0494. The van der Waals surface area contributed by atoms with Crippen molar-refractivity contribution in [2.45, 2.75) is 44.4 Å². The van der Waals surface area contributed by atoms with Crippen molar-refractivity contribution >= 4 is 5.82 Å². The molecular weight excluding hydrogens is 430 g/mol. The lowest BCUT2D eigenvalue weighted by Crippen LogP contribution is -2.43. The van der Waals surface area contributed by atoms with E-state index in [9.17, 15) is 17.6 Å². The van der Waals surface area contributed by atoms with Crippen molar-refractivity contribution in [2.24, 2.45) is 11.8 Å². The highest BCUT2D eigenvalue weighted by Gasteiger charge is 2.58. The zero-order valence-corrected chi connectivity index (χ0v) is 17.3. The van der Waals surface area contributed by atoms with Gasteiger partial charge in [0.25, 0.3) is 6.43 Å². The summed E-state index contributed by atoms with van der Waals surface area (Å²) in [5, 5.41) is 4.35. The molecule has 2 aromatic rings. The third-order valence-electron chi connectivity index (χ3n) is 6.84. The topological polar surface area (TPSA) is 78.4 Å². The van der Waals surface area contributed by atoms with Crippen LogP contribution in [0.2, 0.25) is 0 Å². The standard InChI is InChI=1S/C21H25F4N5O2/c22-18(23)10-30-16(19-13-6-12(7-14(13)19)29-1-3-31-4-2-29)8-15(28-30)11-5-17(32-21(24)25)20(26)27-9-11/h5,8-9,12-14,18-19,21H,1-4,6-7,10H2,(H2,26,27)/t12?,13-,14+,19+. The minimum atomic E-state index is -3.05. The number of halogens is 4. The average Bonchev–Trinajstić information content (AvgIpc) is 3.09. The molecule has 3 heterocycles. The smallest absolute Gasteiger partial charge is 0.387 e. The van der Waals surface area contributed by atoms with Crippen LogP contribution in [0.3, 0.4) is 0 Å². The number of nitrogens with two attached hydrogens (primary N) is 1. The minimum absolute atomic E-state index is 0.174. The Hall–Kier alpha value is -2.40. The molecule has 2 saturated carbocycles. The predicted molar refractivity (Wildman–Crippen MR) is 108 cm³/mol. The zero-order valence-electron chi connectivity index (χ0n) is 17.3. The van der Waals surface area contributed by atoms with Crippen LogP contribution in [0.15, 0.2) is 18.3 Å². The molecule has 0 bridgehead atoms. The van der Waals surface area contributed by atoms with Crippen LogP contribution < -0.4 is 10.5 Å². The van der Waals surface area contributed by atoms with Crippen molar-refractivity contribution in [1.82, 2.24) is 19.7 Å². The summed E-state index contributed by atoms with van der Waals surface area (Å²) in [4.78, 5) is 6.37. The molecule has 4 atom stereocenters. The van der Waals surface area contributed by atoms with Crippen molar-refractivity contribution in [2.75, 3.05) is 32.0 Å². The van der Waals surface area contributed by atoms with E-state index >= 15 is 0 Å². The Morgan fingerprint density at radius 2 is 1.84 bits per heavy atom. The van der Waals surface area contributed by atoms with E-state index in [1.54, 1.807) is 6.07 Å². The molecule has 1 saturated heterocycles. The molecule has 0 spiro atoms. The Labute approximate surface area is 182 Å². The van der Waals surface area contributed by atoms with Crippen LogP contribution in [0.1, 0.15) is 24.5 Å². The van der Waals surface area contributed by atoms with E-state index < -0.39 is 19.6 Å². The number of anilines is 1. The van der Waals surface area contributed by atoms with Crippen LogP contribution in [0.5, 0.6) is 5.75 Å². The molecule has 7 nitrogen and oxygen atoms in total. The number of nitrogens with zero attached hydrogens (tertiary/aromatic N) is 4. The molecule has 0 amide bonds. The van der Waals surface area contributed by atoms with Crippen molar-refractivity contribution in [3.63, 3.8) is 0 Å². The Balaban J connectivity index is 1.36. The quantitative estimate of drug-likeness (QED) is 0.646. The molecule has 1 unspecified atom stereocenters. The molecule has 3 aliphatic rings. The van der Waals surface area contributed by atoms with Crippen LogP contribution in [-0.2, 0) is 11.3 Å². The number of fused-ring (bicyclic) bond motifs is 1. The van der Waals surface area contributed by atoms with E-state index in [0.29, 0.717) is 29.1 Å². The summed E-state index contributed by atoms with van der Waals surface area (Å²) < 4.78 is 63.0. The van der Waals surface area contributed by atoms with Crippen LogP contribution in [0, 0.1) is 11.8 Å². The number of aromatic nitrogens is 3. The second-order valence-electron chi connectivity index (χ2n) is 8.64. The monoisotopic (exact) mass is 455 g/mol. The van der Waals surface area contributed by atoms with Gasteiger partial charge in [0.15, 0.2) is 11.6 Å². The summed E-state index contributed by atoms with van der Waals surface area (Å²) in [6.07, 6.45) is 0.915. The third kappa shape index (κ3) is 4.15. The first-order valence-corrected chi connectivity index (χ1v) is 10.8. The molecule has 2 aliphatic carbocycles. The predicted octanol–water partition coefficient (Wildman–Crippen LogP) is 3.22. The first-order valence-electron chi connectivity index (χ1n) is 10.8. The fraction of sp³-hybridized carbons (Fsp3) is 0.619. The molecule has 3 fully saturated rings. The molecule has 1 aliphatic heterocycles. The summed E-state index contributed by atoms with van der Waals surface area (Å²) in [6, 6.07) is 3.61. The summed E-state index contributed by atoms with van der Waals surface area (Å²) >= 11 is 0. The van der Waals surface area contributed by atoms with Gasteiger partial charge in [-0.15, -0.1) is 0 Å². The van der Waals surface area contributed by atoms with Crippen molar-refractivity contribution < 1.29 is 27.0 Å². The van der Waals surface area contributed by atoms with E-state index in [1.807, 2.05) is 0 Å². The third-order valence-corrected chi connectivity index (χ3v) is 6.84. The molecule has 0 radical (unpaired) electrons. The highest BCUT2D eigenvalue weighted by Crippen LogP contribution is 2.64. The van der Waals surface area contributed by atoms with Gasteiger partial charge in [0.2, 0.25) is 0 Å². The lowest BCUT2D eigenvalue weighted by atomic mass is 10.0. The van der Waals surface area contributed by atoms with Gasteiger partial charge in [0, 0.05) is 42.5 Å². The number of rotatable bonds is 7. The Morgan fingerprint density at radius 1 is 1.12 bits per heavy atom. The highest BCUT2D eigenvalue weighted by molar-refractivity contribution is 5.64. The maximum absolute atomic E-state index is 13.2. The van der Waals surface area contributed by atoms with Gasteiger partial charge in [-0.1, -0.05) is 0 Å². The normalized spacial score (nSPS) is 27.8. The maximum atomic E-state index is 13.2. The fourth-order valence-corrected chi connectivity index (χ4v) is 5.39. The van der Waals surface area contributed by atoms with E-state index in [4.69, 9.17) is 10.5 Å². The number of nitrogen functional groups attached to an aromatic ring is 1. The summed E-state index contributed by atoms with van der Waals surface area (Å²) in [5.41, 5.74) is 7.15. The minimum Gasteiger partial charge on any atom is -0.431 e. The van der Waals surface area contributed by atoms with Gasteiger partial charge >= 0.3 is 6.61 Å². The average molecular weight is 455 g/mol. The van der Waals surface area contributed by atoms with Gasteiger partial charge in [-0.25, -0.2) is 13.8 Å². The van der Waals surface area contributed by atoms with Gasteiger partial charge in [0.05, 0.1) is 18.9 Å². The van der Waals surface area contributed by atoms with Crippen molar-refractivity contribution in [3.8, 4) is 17.0 Å². The Kier molecular flexibility index (Phi) is 5.70. The number of alkyl halides is 4. The number of morpholine rings is 1. The van der Waals surface area contributed by atoms with Crippen LogP contribution in [0.4, 0.5) is 23.4 Å². The van der Waals surface area contributed by atoms with Gasteiger partial charge in [-0.2, -0.15) is 13.9 Å². The van der Waals surface area contributed by atoms with Gasteiger partial charge in [-0.3, -0.25) is 9.58 Å². The van der Waals surface area contributed by atoms with Crippen LogP contribution in [-0.4, -0.2) is 65.0 Å². The first-order chi connectivity index (χ1) is 15.4. The fourth-order valence-electron chi connectivity index (χ4n) is 5.39. The summed E-state index contributed by atoms with van der Waals surface area (Å²) in [7, 11) is 0. The number of ether oxygens (including phenoxy) is 2. The van der Waals surface area contributed by atoms with E-state index in [0.717, 1.165) is 44.8 Å². The molecule has 5 rings (SSSR count). The SMILES string of the molecule is Nc1ncc(-c2cc([C@H]3[C@@H]4CC(N5CCOCC5)C[C@@H]43)n(CC(F)F)n2)cc1OC(F)F. The molecule has 2 N–H and O–H groups in total. The van der Waals surface area contributed by atoms with Crippen molar-refractivity contribution in [1.29, 1.82) is 0 Å². The summed E-state index contributed by atoms with van der Waals surface area (Å²) in [5.74, 6) is 0.647. The molecule has 2 aromatic heterocycles. The first kappa shape index (κ1) is 21.4. The Bertz CT molecular complexity index is 954. The van der Waals surface area contributed by atoms with E-state index in [2.05, 4.69) is 19.7 Å². The van der Waals surface area contributed by atoms with Gasteiger partial charge in [-0.05, 0) is 36.8 Å². The maximum Gasteiger partial charge on any atom is 0.387 e. The largest absolute Gasteiger partial charge is 0.431 e. The van der Waals surface area contributed by atoms with E-state index in [1.165, 1.54) is 16.9 Å². The number of hydrogen-bond acceptors (Lipinski definition) is 6. The molecule has 11 heteroatoms. The molecule has 32 heavy (non-hydrogen) atoms. The van der Waals surface area contributed by atoms with Crippen molar-refractivity contribution in [3.05, 3.63) is 24.0 Å². The van der Waals surface area contributed by atoms with Crippen LogP contribution >= 0.6 is 0 Å². The summed E-state index contributed by atoms with van der Waals surface area (Å²) in [6.45, 7) is -0.169.